The van der Waals surface area contributed by atoms with Crippen LogP contribution in [-0.2, 0) is 14.0 Å². The Hall–Kier alpha value is -0.233. The van der Waals surface area contributed by atoms with Gasteiger partial charge in [-0.2, -0.15) is 0 Å². The number of carbonyl (C=O) groups is 1. The molecule has 1 N–H and O–H groups in total. The van der Waals surface area contributed by atoms with Crippen LogP contribution >= 0.6 is 0 Å². The third-order valence-corrected chi connectivity index (χ3v) is 15.1. The van der Waals surface area contributed by atoms with Crippen LogP contribution in [0.25, 0.3) is 0 Å². The molecule has 0 aromatic heterocycles. The van der Waals surface area contributed by atoms with Crippen molar-refractivity contribution in [2.45, 2.75) is 110 Å². The Balaban J connectivity index is 1.91. The maximum atomic E-state index is 12.0. The first-order valence-electron chi connectivity index (χ1n) is 13.1. The number of fused-ring (bicyclic) bond motifs is 3. The fourth-order valence-electron chi connectivity index (χ4n) is 7.03. The van der Waals surface area contributed by atoms with Gasteiger partial charge < -0.3 is 19.1 Å². The maximum absolute atomic E-state index is 12.0. The van der Waals surface area contributed by atoms with Crippen molar-refractivity contribution < 1.29 is 19.1 Å². The van der Waals surface area contributed by atoms with E-state index in [2.05, 4.69) is 47.7 Å². The zero-order valence-corrected chi connectivity index (χ0v) is 23.1. The summed E-state index contributed by atoms with van der Waals surface area (Å²) in [5, 5.41) is 11.6. The standard InChI is InChI=1S/C27H50O4Si/c1-9-30-18-26(29)14-15-27(19-31-32(7,8)24(3,4)5)21(16-26)10-11-22-20(2)25(6,17-28)13-12-23(22)27/h17,20-23,29H,9-16,18-19H2,1-8H3/t20-,21+,22-,23-,25+,26+,27+/m0/s1. The van der Waals surface area contributed by atoms with Gasteiger partial charge in [0.05, 0.1) is 12.2 Å². The minimum Gasteiger partial charge on any atom is -0.416 e. The van der Waals surface area contributed by atoms with Crippen molar-refractivity contribution in [1.29, 1.82) is 0 Å². The summed E-state index contributed by atoms with van der Waals surface area (Å²) in [6, 6.07) is 0. The molecule has 0 radical (unpaired) electrons. The Labute approximate surface area is 198 Å². The summed E-state index contributed by atoms with van der Waals surface area (Å²) >= 11 is 0. The van der Waals surface area contributed by atoms with E-state index >= 15 is 0 Å². The number of hydrogen-bond donors (Lipinski definition) is 1. The normalized spacial score (nSPS) is 42.8. The molecule has 0 amide bonds. The van der Waals surface area contributed by atoms with Gasteiger partial charge in [0, 0.05) is 18.6 Å². The Kier molecular flexibility index (Phi) is 7.49. The predicted octanol–water partition coefficient (Wildman–Crippen LogP) is 6.22. The lowest BCUT2D eigenvalue weighted by molar-refractivity contribution is -0.181. The minimum absolute atomic E-state index is 0.120. The molecular weight excluding hydrogens is 416 g/mol. The smallest absolute Gasteiger partial charge is 0.192 e. The number of aliphatic hydroxyl groups is 1. The van der Waals surface area contributed by atoms with Gasteiger partial charge in [0.25, 0.3) is 0 Å². The number of ether oxygens (including phenoxy) is 1. The van der Waals surface area contributed by atoms with Crippen LogP contribution in [0, 0.1) is 34.5 Å². The van der Waals surface area contributed by atoms with Gasteiger partial charge in [-0.05, 0) is 99.1 Å². The Morgan fingerprint density at radius 1 is 1.09 bits per heavy atom. The lowest BCUT2D eigenvalue weighted by Gasteiger charge is -2.62. The molecule has 0 aromatic carbocycles. The van der Waals surface area contributed by atoms with Crippen molar-refractivity contribution in [2.24, 2.45) is 34.5 Å². The van der Waals surface area contributed by atoms with Crippen LogP contribution in [0.2, 0.25) is 18.1 Å². The molecule has 0 spiro atoms. The second-order valence-corrected chi connectivity index (χ2v) is 18.2. The number of aldehydes is 1. The average molecular weight is 467 g/mol. The van der Waals surface area contributed by atoms with E-state index in [-0.39, 0.29) is 15.9 Å². The molecule has 0 heterocycles. The summed E-state index contributed by atoms with van der Waals surface area (Å²) in [5.74, 6) is 2.05. The van der Waals surface area contributed by atoms with Crippen molar-refractivity contribution in [2.75, 3.05) is 19.8 Å². The topological polar surface area (TPSA) is 55.8 Å². The molecule has 3 fully saturated rings. The van der Waals surface area contributed by atoms with Gasteiger partial charge in [-0.25, -0.2) is 0 Å². The molecule has 0 unspecified atom stereocenters. The molecule has 4 nitrogen and oxygen atoms in total. The van der Waals surface area contributed by atoms with Crippen LogP contribution in [0.5, 0.6) is 0 Å². The van der Waals surface area contributed by atoms with E-state index in [0.29, 0.717) is 36.9 Å². The summed E-state index contributed by atoms with van der Waals surface area (Å²) in [7, 11) is -1.88. The molecule has 0 aromatic rings. The lowest BCUT2D eigenvalue weighted by Crippen LogP contribution is -2.60. The molecule has 3 aliphatic rings. The monoisotopic (exact) mass is 466 g/mol. The van der Waals surface area contributed by atoms with Gasteiger partial charge in [-0.1, -0.05) is 34.6 Å². The SMILES string of the molecule is CCOC[C@@]1(O)CC[C@@]2(CO[Si](C)(C)C(C)(C)C)[C@H](CC[C@@H]3[C@@H]2CC[C@](C)(C=O)[C@H]3C)C1. The summed E-state index contributed by atoms with van der Waals surface area (Å²) in [5.41, 5.74) is -0.777. The quantitative estimate of drug-likeness (QED) is 0.357. The zero-order valence-electron chi connectivity index (χ0n) is 22.1. The summed E-state index contributed by atoms with van der Waals surface area (Å²) < 4.78 is 12.7. The maximum Gasteiger partial charge on any atom is 0.192 e. The summed E-state index contributed by atoms with van der Waals surface area (Å²) in [6.45, 7) is 20.1. The minimum atomic E-state index is -1.88. The fraction of sp³-hybridized carbons (Fsp3) is 0.963. The second kappa shape index (κ2) is 9.09. The van der Waals surface area contributed by atoms with E-state index in [0.717, 1.165) is 45.1 Å². The molecule has 32 heavy (non-hydrogen) atoms. The van der Waals surface area contributed by atoms with Crippen LogP contribution in [0.4, 0.5) is 0 Å². The number of hydrogen-bond acceptors (Lipinski definition) is 4. The number of rotatable bonds is 7. The fourth-order valence-corrected chi connectivity index (χ4v) is 8.10. The van der Waals surface area contributed by atoms with Crippen molar-refractivity contribution in [3.63, 3.8) is 0 Å². The second-order valence-electron chi connectivity index (χ2n) is 13.3. The van der Waals surface area contributed by atoms with E-state index in [1.807, 2.05) is 6.92 Å². The van der Waals surface area contributed by atoms with Gasteiger partial charge in [-0.3, -0.25) is 0 Å². The Bertz CT molecular complexity index is 673. The molecule has 3 aliphatic carbocycles. The third kappa shape index (κ3) is 4.65. The van der Waals surface area contributed by atoms with Gasteiger partial charge >= 0.3 is 0 Å². The molecule has 0 aliphatic heterocycles. The molecule has 3 saturated carbocycles. The van der Waals surface area contributed by atoms with Gasteiger partial charge in [0.2, 0.25) is 0 Å². The molecule has 0 saturated heterocycles. The highest BCUT2D eigenvalue weighted by Crippen LogP contribution is 2.64. The molecular formula is C27H50O4Si. The lowest BCUT2D eigenvalue weighted by atomic mass is 9.44. The molecule has 3 rings (SSSR count). The Morgan fingerprint density at radius 3 is 2.38 bits per heavy atom. The van der Waals surface area contributed by atoms with Crippen molar-refractivity contribution in [3.8, 4) is 0 Å². The van der Waals surface area contributed by atoms with E-state index in [1.54, 1.807) is 0 Å². The first-order valence-corrected chi connectivity index (χ1v) is 16.0. The highest BCUT2D eigenvalue weighted by molar-refractivity contribution is 6.74. The predicted molar refractivity (Wildman–Crippen MR) is 133 cm³/mol. The highest BCUT2D eigenvalue weighted by Gasteiger charge is 2.60. The first kappa shape index (κ1) is 26.4. The summed E-state index contributed by atoms with van der Waals surface area (Å²) in [6.07, 6.45) is 8.29. The third-order valence-electron chi connectivity index (χ3n) is 10.6. The van der Waals surface area contributed by atoms with Crippen LogP contribution in [0.3, 0.4) is 0 Å². The van der Waals surface area contributed by atoms with Crippen LogP contribution in [0.15, 0.2) is 0 Å². The number of carbonyl (C=O) groups excluding carboxylic acids is 1. The van der Waals surface area contributed by atoms with Crippen LogP contribution in [0.1, 0.15) is 86.5 Å². The van der Waals surface area contributed by atoms with E-state index < -0.39 is 13.9 Å². The molecule has 5 heteroatoms. The highest BCUT2D eigenvalue weighted by atomic mass is 28.4. The largest absolute Gasteiger partial charge is 0.416 e. The van der Waals surface area contributed by atoms with Gasteiger partial charge in [-0.15, -0.1) is 0 Å². The first-order chi connectivity index (χ1) is 14.7. The van der Waals surface area contributed by atoms with E-state index in [9.17, 15) is 9.90 Å². The summed E-state index contributed by atoms with van der Waals surface area (Å²) in [4.78, 5) is 12.0. The molecule has 186 valence electrons. The Morgan fingerprint density at radius 2 is 1.78 bits per heavy atom. The molecule has 0 bridgehead atoms. The van der Waals surface area contributed by atoms with Crippen molar-refractivity contribution in [3.05, 3.63) is 0 Å². The van der Waals surface area contributed by atoms with Gasteiger partial charge in [0.1, 0.15) is 6.29 Å². The van der Waals surface area contributed by atoms with Gasteiger partial charge in [0.15, 0.2) is 8.32 Å². The van der Waals surface area contributed by atoms with Crippen LogP contribution < -0.4 is 0 Å². The van der Waals surface area contributed by atoms with Crippen LogP contribution in [-0.4, -0.2) is 45.1 Å². The zero-order chi connectivity index (χ0) is 24.0. The van der Waals surface area contributed by atoms with E-state index in [1.165, 1.54) is 12.7 Å². The van der Waals surface area contributed by atoms with Crippen molar-refractivity contribution >= 4 is 14.6 Å². The van der Waals surface area contributed by atoms with Crippen molar-refractivity contribution in [1.82, 2.24) is 0 Å². The molecule has 7 atom stereocenters. The average Bonchev–Trinajstić information content (AvgIpc) is 2.73. The van der Waals surface area contributed by atoms with E-state index in [4.69, 9.17) is 9.16 Å².